The number of nitrogens with zero attached hydrogens (tertiary/aromatic N) is 2. The highest BCUT2D eigenvalue weighted by molar-refractivity contribution is 5.94. The molecule has 0 unspecified atom stereocenters. The average molecular weight is 375 g/mol. The zero-order chi connectivity index (χ0) is 19.2. The fourth-order valence-electron chi connectivity index (χ4n) is 3.15. The van der Waals surface area contributed by atoms with Crippen LogP contribution in [0, 0.1) is 11.6 Å². The van der Waals surface area contributed by atoms with Gasteiger partial charge in [0.05, 0.1) is 7.11 Å². The largest absolute Gasteiger partial charge is 0.497 e. The normalized spacial score (nSPS) is 14.9. The van der Waals surface area contributed by atoms with Crippen molar-refractivity contribution in [2.75, 3.05) is 51.3 Å². The summed E-state index contributed by atoms with van der Waals surface area (Å²) >= 11 is 0. The topological polar surface area (TPSA) is 44.8 Å². The molecule has 0 spiro atoms. The van der Waals surface area contributed by atoms with Crippen LogP contribution < -0.4 is 15.0 Å². The van der Waals surface area contributed by atoms with E-state index in [0.29, 0.717) is 13.1 Å². The summed E-state index contributed by atoms with van der Waals surface area (Å²) in [5, 5.41) is 2.60. The first-order chi connectivity index (χ1) is 13.1. The van der Waals surface area contributed by atoms with Crippen LogP contribution >= 0.6 is 0 Å². The molecule has 1 aliphatic heterocycles. The lowest BCUT2D eigenvalue weighted by Crippen LogP contribution is -2.48. The van der Waals surface area contributed by atoms with E-state index in [4.69, 9.17) is 4.74 Å². The molecule has 1 N–H and O–H groups in total. The lowest BCUT2D eigenvalue weighted by molar-refractivity contribution is 0.0939. The first-order valence-corrected chi connectivity index (χ1v) is 8.92. The SMILES string of the molecule is COc1ccc(N2CCN(CCNC(=O)c3c(F)cccc3F)CC2)cc1. The third kappa shape index (κ3) is 4.74. The molecule has 1 amide bonds. The van der Waals surface area contributed by atoms with Gasteiger partial charge in [-0.2, -0.15) is 0 Å². The van der Waals surface area contributed by atoms with E-state index in [1.54, 1.807) is 7.11 Å². The second kappa shape index (κ2) is 8.81. The zero-order valence-corrected chi connectivity index (χ0v) is 15.3. The number of nitrogens with one attached hydrogen (secondary N) is 1. The molecule has 1 aliphatic rings. The van der Waals surface area contributed by atoms with Crippen molar-refractivity contribution >= 4 is 11.6 Å². The molecule has 0 bridgehead atoms. The Kier molecular flexibility index (Phi) is 6.24. The molecule has 7 heteroatoms. The fraction of sp³-hybridized carbons (Fsp3) is 0.350. The molecule has 1 fully saturated rings. The summed E-state index contributed by atoms with van der Waals surface area (Å²) in [6.45, 7) is 4.45. The Balaban J connectivity index is 1.43. The van der Waals surface area contributed by atoms with Gasteiger partial charge in [0.2, 0.25) is 0 Å². The molecule has 0 atom stereocenters. The quantitative estimate of drug-likeness (QED) is 0.843. The molecule has 5 nitrogen and oxygen atoms in total. The molecule has 2 aromatic rings. The number of rotatable bonds is 6. The minimum Gasteiger partial charge on any atom is -0.497 e. The van der Waals surface area contributed by atoms with Gasteiger partial charge < -0.3 is 15.0 Å². The van der Waals surface area contributed by atoms with Crippen LogP contribution in [0.15, 0.2) is 42.5 Å². The monoisotopic (exact) mass is 375 g/mol. The van der Waals surface area contributed by atoms with E-state index < -0.39 is 23.1 Å². The maximum Gasteiger partial charge on any atom is 0.257 e. The van der Waals surface area contributed by atoms with Gasteiger partial charge in [-0.05, 0) is 36.4 Å². The van der Waals surface area contributed by atoms with Crippen LogP contribution in [0.1, 0.15) is 10.4 Å². The van der Waals surface area contributed by atoms with Gasteiger partial charge in [-0.25, -0.2) is 8.78 Å². The lowest BCUT2D eigenvalue weighted by atomic mass is 10.2. The van der Waals surface area contributed by atoms with Crippen LogP contribution in [0.25, 0.3) is 0 Å². The summed E-state index contributed by atoms with van der Waals surface area (Å²) in [6.07, 6.45) is 0. The summed E-state index contributed by atoms with van der Waals surface area (Å²) in [7, 11) is 1.65. The number of amides is 1. The number of ether oxygens (including phenoxy) is 1. The first kappa shape index (κ1) is 19.1. The summed E-state index contributed by atoms with van der Waals surface area (Å²) in [5.74, 6) is -1.58. The van der Waals surface area contributed by atoms with Gasteiger partial charge in [0.15, 0.2) is 0 Å². The van der Waals surface area contributed by atoms with E-state index in [1.165, 1.54) is 6.07 Å². The van der Waals surface area contributed by atoms with E-state index in [9.17, 15) is 13.6 Å². The second-order valence-electron chi connectivity index (χ2n) is 6.38. The number of anilines is 1. The molecular weight excluding hydrogens is 352 g/mol. The molecule has 1 saturated heterocycles. The fourth-order valence-corrected chi connectivity index (χ4v) is 3.15. The van der Waals surface area contributed by atoms with Crippen LogP contribution in [0.4, 0.5) is 14.5 Å². The summed E-state index contributed by atoms with van der Waals surface area (Å²) in [6, 6.07) is 11.4. The Morgan fingerprint density at radius 2 is 1.67 bits per heavy atom. The van der Waals surface area contributed by atoms with Crippen LogP contribution in [0.3, 0.4) is 0 Å². The number of carbonyl (C=O) groups excluding carboxylic acids is 1. The molecule has 1 heterocycles. The van der Waals surface area contributed by atoms with Gasteiger partial charge in [-0.1, -0.05) is 6.07 Å². The Hall–Kier alpha value is -2.67. The van der Waals surface area contributed by atoms with Crippen LogP contribution in [0.5, 0.6) is 5.75 Å². The summed E-state index contributed by atoms with van der Waals surface area (Å²) < 4.78 is 32.4. The number of benzene rings is 2. The number of piperazine rings is 1. The number of halogens is 2. The van der Waals surface area contributed by atoms with Crippen molar-refractivity contribution in [1.29, 1.82) is 0 Å². The van der Waals surface area contributed by atoms with Crippen molar-refractivity contribution in [3.8, 4) is 5.75 Å². The Morgan fingerprint density at radius 3 is 2.26 bits per heavy atom. The molecule has 0 saturated carbocycles. The smallest absolute Gasteiger partial charge is 0.257 e. The predicted octanol–water partition coefficient (Wildman–Crippen LogP) is 2.53. The van der Waals surface area contributed by atoms with Gasteiger partial charge in [0.25, 0.3) is 5.91 Å². The van der Waals surface area contributed by atoms with E-state index in [-0.39, 0.29) is 0 Å². The van der Waals surface area contributed by atoms with Crippen molar-refractivity contribution in [2.24, 2.45) is 0 Å². The molecule has 3 rings (SSSR count). The van der Waals surface area contributed by atoms with E-state index in [2.05, 4.69) is 15.1 Å². The molecule has 0 aliphatic carbocycles. The number of methoxy groups -OCH3 is 1. The third-order valence-electron chi connectivity index (χ3n) is 4.71. The Labute approximate surface area is 157 Å². The van der Waals surface area contributed by atoms with Crippen LogP contribution in [0.2, 0.25) is 0 Å². The molecule has 144 valence electrons. The van der Waals surface area contributed by atoms with Crippen molar-refractivity contribution < 1.29 is 18.3 Å². The minimum absolute atomic E-state index is 0.342. The molecule has 0 aromatic heterocycles. The second-order valence-corrected chi connectivity index (χ2v) is 6.38. The maximum atomic E-state index is 13.6. The number of hydrogen-bond donors (Lipinski definition) is 1. The number of carbonyl (C=O) groups is 1. The average Bonchev–Trinajstić information content (AvgIpc) is 2.68. The molecule has 27 heavy (non-hydrogen) atoms. The van der Waals surface area contributed by atoms with Crippen molar-refractivity contribution in [1.82, 2.24) is 10.2 Å². The van der Waals surface area contributed by atoms with Crippen molar-refractivity contribution in [3.63, 3.8) is 0 Å². The maximum absolute atomic E-state index is 13.6. The predicted molar refractivity (Wildman–Crippen MR) is 100 cm³/mol. The highest BCUT2D eigenvalue weighted by Gasteiger charge is 2.19. The standard InChI is InChI=1S/C20H23F2N3O2/c1-27-16-7-5-15(6-8-16)25-13-11-24(12-14-25)10-9-23-20(26)19-17(21)3-2-4-18(19)22/h2-8H,9-14H2,1H3,(H,23,26). The summed E-state index contributed by atoms with van der Waals surface area (Å²) in [5.41, 5.74) is 0.626. The van der Waals surface area contributed by atoms with Crippen LogP contribution in [-0.4, -0.2) is 57.2 Å². The minimum atomic E-state index is -0.847. The Morgan fingerprint density at radius 1 is 1.04 bits per heavy atom. The van der Waals surface area contributed by atoms with Crippen LogP contribution in [-0.2, 0) is 0 Å². The van der Waals surface area contributed by atoms with Crippen molar-refractivity contribution in [2.45, 2.75) is 0 Å². The van der Waals surface area contributed by atoms with E-state index in [1.807, 2.05) is 24.3 Å². The first-order valence-electron chi connectivity index (χ1n) is 8.92. The molecular formula is C20H23F2N3O2. The third-order valence-corrected chi connectivity index (χ3v) is 4.71. The van der Waals surface area contributed by atoms with Gasteiger partial charge in [-0.3, -0.25) is 9.69 Å². The van der Waals surface area contributed by atoms with Gasteiger partial charge >= 0.3 is 0 Å². The lowest BCUT2D eigenvalue weighted by Gasteiger charge is -2.36. The van der Waals surface area contributed by atoms with Crippen molar-refractivity contribution in [3.05, 3.63) is 59.7 Å². The van der Waals surface area contributed by atoms with E-state index >= 15 is 0 Å². The number of hydrogen-bond acceptors (Lipinski definition) is 4. The van der Waals surface area contributed by atoms with Gasteiger partial charge in [0, 0.05) is 45.0 Å². The highest BCUT2D eigenvalue weighted by atomic mass is 19.1. The van der Waals surface area contributed by atoms with E-state index in [0.717, 1.165) is 49.7 Å². The van der Waals surface area contributed by atoms with Gasteiger partial charge in [0.1, 0.15) is 22.9 Å². The highest BCUT2D eigenvalue weighted by Crippen LogP contribution is 2.20. The molecule has 0 radical (unpaired) electrons. The Bertz CT molecular complexity index is 755. The summed E-state index contributed by atoms with van der Waals surface area (Å²) in [4.78, 5) is 16.5. The zero-order valence-electron chi connectivity index (χ0n) is 15.3. The van der Waals surface area contributed by atoms with Gasteiger partial charge in [-0.15, -0.1) is 0 Å². The molecule has 2 aromatic carbocycles.